The first-order valence-electron chi connectivity index (χ1n) is 9.70. The van der Waals surface area contributed by atoms with E-state index >= 15 is 0 Å². The van der Waals surface area contributed by atoms with Gasteiger partial charge in [0.1, 0.15) is 6.33 Å². The van der Waals surface area contributed by atoms with Gasteiger partial charge in [0.25, 0.3) is 5.91 Å². The molecule has 3 rings (SSSR count). The van der Waals surface area contributed by atoms with Gasteiger partial charge in [-0.1, -0.05) is 44.2 Å². The second-order valence-electron chi connectivity index (χ2n) is 6.56. The van der Waals surface area contributed by atoms with Crippen molar-refractivity contribution in [1.29, 1.82) is 0 Å². The molecule has 0 atom stereocenters. The smallest absolute Gasteiger partial charge is 0.251 e. The third kappa shape index (κ3) is 4.90. The van der Waals surface area contributed by atoms with Gasteiger partial charge >= 0.3 is 0 Å². The van der Waals surface area contributed by atoms with Gasteiger partial charge in [0.2, 0.25) is 10.0 Å². The molecular weight excluding hydrogens is 400 g/mol. The van der Waals surface area contributed by atoms with Gasteiger partial charge in [-0.2, -0.15) is 4.31 Å². The maximum Gasteiger partial charge on any atom is 0.251 e. The first kappa shape index (κ1) is 21.6. The fraction of sp³-hybridized carbons (Fsp3) is 0.227. The van der Waals surface area contributed by atoms with Crippen LogP contribution < -0.4 is 5.32 Å². The Bertz CT molecular complexity index is 1100. The number of benzene rings is 2. The van der Waals surface area contributed by atoms with E-state index in [0.29, 0.717) is 24.3 Å². The molecule has 0 saturated carbocycles. The molecule has 7 nitrogen and oxygen atoms in total. The highest BCUT2D eigenvalue weighted by molar-refractivity contribution is 7.89. The molecule has 0 aliphatic heterocycles. The molecule has 0 saturated heterocycles. The second-order valence-corrected chi connectivity index (χ2v) is 8.49. The topological polar surface area (TPSA) is 92.3 Å². The number of rotatable bonds is 8. The molecule has 1 aromatic heterocycles. The van der Waals surface area contributed by atoms with Gasteiger partial charge in [0.15, 0.2) is 0 Å². The Morgan fingerprint density at radius 2 is 1.63 bits per heavy atom. The Balaban J connectivity index is 1.67. The first-order chi connectivity index (χ1) is 14.5. The molecule has 0 aliphatic rings. The molecular formula is C22H24N4O3S. The zero-order valence-corrected chi connectivity index (χ0v) is 17.8. The summed E-state index contributed by atoms with van der Waals surface area (Å²) in [7, 11) is -3.55. The van der Waals surface area contributed by atoms with Crippen molar-refractivity contribution in [1.82, 2.24) is 19.6 Å². The number of sulfonamides is 1. The summed E-state index contributed by atoms with van der Waals surface area (Å²) in [6, 6.07) is 17.5. The van der Waals surface area contributed by atoms with E-state index in [9.17, 15) is 13.2 Å². The standard InChI is InChI=1S/C22H24N4O3S/c1-3-26(4-2)30(28,29)20-12-10-18(11-13-20)22(27)23-15-19-14-21(25-16-24-19)17-8-6-5-7-9-17/h5-14,16H,3-4,15H2,1-2H3,(H,23,27). The zero-order valence-electron chi connectivity index (χ0n) is 16.9. The van der Waals surface area contributed by atoms with Crippen molar-refractivity contribution in [2.24, 2.45) is 0 Å². The molecule has 0 aliphatic carbocycles. The lowest BCUT2D eigenvalue weighted by Gasteiger charge is -2.18. The number of carbonyl (C=O) groups excluding carboxylic acids is 1. The minimum Gasteiger partial charge on any atom is -0.346 e. The molecule has 0 bridgehead atoms. The third-order valence-corrected chi connectivity index (χ3v) is 6.75. The third-order valence-electron chi connectivity index (χ3n) is 4.68. The van der Waals surface area contributed by atoms with E-state index in [1.165, 1.54) is 34.9 Å². The summed E-state index contributed by atoms with van der Waals surface area (Å²) in [5, 5.41) is 2.81. The van der Waals surface area contributed by atoms with Gasteiger partial charge in [0, 0.05) is 24.2 Å². The quantitative estimate of drug-likeness (QED) is 0.600. The number of nitrogens with zero attached hydrogens (tertiary/aromatic N) is 3. The highest BCUT2D eigenvalue weighted by atomic mass is 32.2. The lowest BCUT2D eigenvalue weighted by Crippen LogP contribution is -2.30. The lowest BCUT2D eigenvalue weighted by molar-refractivity contribution is 0.0950. The summed E-state index contributed by atoms with van der Waals surface area (Å²) in [5.74, 6) is -0.304. The van der Waals surface area contributed by atoms with Crippen molar-refractivity contribution < 1.29 is 13.2 Å². The Labute approximate surface area is 176 Å². The average Bonchev–Trinajstić information content (AvgIpc) is 2.79. The highest BCUT2D eigenvalue weighted by Gasteiger charge is 2.21. The van der Waals surface area contributed by atoms with E-state index in [1.807, 2.05) is 36.4 Å². The van der Waals surface area contributed by atoms with Crippen molar-refractivity contribution in [2.45, 2.75) is 25.3 Å². The minimum atomic E-state index is -3.55. The molecule has 1 amide bonds. The van der Waals surface area contributed by atoms with Crippen LogP contribution in [0.2, 0.25) is 0 Å². The van der Waals surface area contributed by atoms with Crippen LogP contribution in [0.1, 0.15) is 29.9 Å². The van der Waals surface area contributed by atoms with Crippen LogP contribution in [0.3, 0.4) is 0 Å². The molecule has 0 radical (unpaired) electrons. The van der Waals surface area contributed by atoms with Crippen LogP contribution in [-0.4, -0.2) is 41.7 Å². The van der Waals surface area contributed by atoms with Gasteiger partial charge in [-0.25, -0.2) is 18.4 Å². The summed E-state index contributed by atoms with van der Waals surface area (Å²) in [4.78, 5) is 21.1. The fourth-order valence-corrected chi connectivity index (χ4v) is 4.48. The molecule has 0 spiro atoms. The number of hydrogen-bond acceptors (Lipinski definition) is 5. The largest absolute Gasteiger partial charge is 0.346 e. The molecule has 30 heavy (non-hydrogen) atoms. The summed E-state index contributed by atoms with van der Waals surface area (Å²) in [6.45, 7) is 4.61. The van der Waals surface area contributed by atoms with Gasteiger partial charge < -0.3 is 5.32 Å². The van der Waals surface area contributed by atoms with E-state index in [1.54, 1.807) is 13.8 Å². The summed E-state index contributed by atoms with van der Waals surface area (Å²) in [5.41, 5.74) is 2.81. The van der Waals surface area contributed by atoms with E-state index in [0.717, 1.165) is 11.3 Å². The summed E-state index contributed by atoms with van der Waals surface area (Å²) < 4.78 is 26.5. The molecule has 0 unspecified atom stereocenters. The predicted molar refractivity (Wildman–Crippen MR) is 115 cm³/mol. The predicted octanol–water partition coefficient (Wildman–Crippen LogP) is 3.10. The normalized spacial score (nSPS) is 11.4. The van der Waals surface area contributed by atoms with Crippen molar-refractivity contribution in [3.05, 3.63) is 78.2 Å². The van der Waals surface area contributed by atoms with Gasteiger partial charge in [-0.3, -0.25) is 4.79 Å². The SMILES string of the molecule is CCN(CC)S(=O)(=O)c1ccc(C(=O)NCc2cc(-c3ccccc3)ncn2)cc1. The Morgan fingerprint density at radius 1 is 0.967 bits per heavy atom. The van der Waals surface area contributed by atoms with Crippen molar-refractivity contribution in [2.75, 3.05) is 13.1 Å². The lowest BCUT2D eigenvalue weighted by atomic mass is 10.1. The summed E-state index contributed by atoms with van der Waals surface area (Å²) >= 11 is 0. The van der Waals surface area contributed by atoms with Crippen LogP contribution in [0.15, 0.2) is 71.9 Å². The van der Waals surface area contributed by atoms with Crippen molar-refractivity contribution in [3.8, 4) is 11.3 Å². The Kier molecular flexibility index (Phi) is 6.91. The van der Waals surface area contributed by atoms with Gasteiger partial charge in [-0.05, 0) is 30.3 Å². The van der Waals surface area contributed by atoms with Gasteiger partial charge in [-0.15, -0.1) is 0 Å². The van der Waals surface area contributed by atoms with Crippen LogP contribution >= 0.6 is 0 Å². The van der Waals surface area contributed by atoms with Crippen molar-refractivity contribution >= 4 is 15.9 Å². The number of aromatic nitrogens is 2. The monoisotopic (exact) mass is 424 g/mol. The maximum atomic E-state index is 12.5. The van der Waals surface area contributed by atoms with Crippen LogP contribution in [0.5, 0.6) is 0 Å². The molecule has 2 aromatic carbocycles. The average molecular weight is 425 g/mol. The summed E-state index contributed by atoms with van der Waals surface area (Å²) in [6.07, 6.45) is 1.47. The Morgan fingerprint density at radius 3 is 2.27 bits per heavy atom. The number of hydrogen-bond donors (Lipinski definition) is 1. The van der Waals surface area contributed by atoms with E-state index < -0.39 is 10.0 Å². The molecule has 0 fully saturated rings. The molecule has 156 valence electrons. The fourth-order valence-electron chi connectivity index (χ4n) is 3.02. The van der Waals surface area contributed by atoms with Crippen molar-refractivity contribution in [3.63, 3.8) is 0 Å². The van der Waals surface area contributed by atoms with E-state index in [-0.39, 0.29) is 17.3 Å². The van der Waals surface area contributed by atoms with Crippen LogP contribution in [0.25, 0.3) is 11.3 Å². The highest BCUT2D eigenvalue weighted by Crippen LogP contribution is 2.17. The Hall–Kier alpha value is -3.10. The zero-order chi connectivity index (χ0) is 21.6. The minimum absolute atomic E-state index is 0.172. The number of nitrogens with one attached hydrogen (secondary N) is 1. The van der Waals surface area contributed by atoms with E-state index in [2.05, 4.69) is 15.3 Å². The first-order valence-corrected chi connectivity index (χ1v) is 11.1. The molecule has 1 heterocycles. The van der Waals surface area contributed by atoms with E-state index in [4.69, 9.17) is 0 Å². The molecule has 1 N–H and O–H groups in total. The van der Waals surface area contributed by atoms with Crippen LogP contribution in [-0.2, 0) is 16.6 Å². The van der Waals surface area contributed by atoms with Crippen LogP contribution in [0.4, 0.5) is 0 Å². The molecule has 8 heteroatoms. The van der Waals surface area contributed by atoms with Gasteiger partial charge in [0.05, 0.1) is 22.8 Å². The second kappa shape index (κ2) is 9.60. The molecule has 3 aromatic rings. The number of amides is 1. The maximum absolute atomic E-state index is 12.5. The van der Waals surface area contributed by atoms with Crippen LogP contribution in [0, 0.1) is 0 Å². The number of carbonyl (C=O) groups is 1.